The average molecular weight is 877 g/mol. The summed E-state index contributed by atoms with van der Waals surface area (Å²) in [7, 11) is 3.56. The molecule has 2 aliphatic rings. The molecule has 8 rings (SSSR count). The Labute approximate surface area is 385 Å². The molecular weight excluding hydrogens is 813 g/mol. The van der Waals surface area contributed by atoms with Gasteiger partial charge in [0, 0.05) is 50.3 Å². The van der Waals surface area contributed by atoms with Gasteiger partial charge < -0.3 is 33.9 Å². The van der Waals surface area contributed by atoms with E-state index in [9.17, 15) is 4.79 Å². The van der Waals surface area contributed by atoms with E-state index in [1.807, 2.05) is 51.4 Å². The maximum atomic E-state index is 12.4. The summed E-state index contributed by atoms with van der Waals surface area (Å²) in [6.07, 6.45) is 12.8. The second-order valence-electron chi connectivity index (χ2n) is 17.9. The molecule has 2 aromatic heterocycles. The molecule has 1 amide bonds. The van der Waals surface area contributed by atoms with Gasteiger partial charge in [0.1, 0.15) is 30.3 Å². The average Bonchev–Trinajstić information content (AvgIpc) is 3.28. The summed E-state index contributed by atoms with van der Waals surface area (Å²) >= 11 is 0. The number of rotatable bonds is 18. The highest BCUT2D eigenvalue weighted by molar-refractivity contribution is 5.69. The van der Waals surface area contributed by atoms with Crippen molar-refractivity contribution in [1.82, 2.24) is 20.2 Å². The van der Waals surface area contributed by atoms with Crippen LogP contribution in [0.4, 0.5) is 4.79 Å². The molecule has 6 aromatic rings. The zero-order chi connectivity index (χ0) is 45.4. The Bertz CT molecular complexity index is 2390. The van der Waals surface area contributed by atoms with Crippen molar-refractivity contribution in [2.45, 2.75) is 89.2 Å². The molecule has 10 nitrogen and oxygen atoms in total. The Morgan fingerprint density at radius 2 is 1.09 bits per heavy atom. The van der Waals surface area contributed by atoms with Crippen LogP contribution in [-0.2, 0) is 39.9 Å². The van der Waals surface area contributed by atoms with Crippen LogP contribution in [0.25, 0.3) is 22.3 Å². The SMILES string of the molecule is CO[C@@H](Cc1ccccc1)Cc1cccc(-c2cncc(OC[C@@H]3CCN3)c2)c1.CO[C@@H](Cc1ccccc1)Cc1cccc(-c2cncc(OC[C@@H]3CCN3C(=O)OC(C)(C)C)c2)c1. The van der Waals surface area contributed by atoms with Gasteiger partial charge in [-0.15, -0.1) is 0 Å². The molecule has 0 bridgehead atoms. The van der Waals surface area contributed by atoms with Crippen molar-refractivity contribution in [2.75, 3.05) is 40.5 Å². The highest BCUT2D eigenvalue weighted by Gasteiger charge is 2.35. The van der Waals surface area contributed by atoms with Crippen LogP contribution in [0.1, 0.15) is 55.9 Å². The molecule has 2 saturated heterocycles. The predicted molar refractivity (Wildman–Crippen MR) is 257 cm³/mol. The van der Waals surface area contributed by atoms with Gasteiger partial charge in [0.05, 0.1) is 30.6 Å². The van der Waals surface area contributed by atoms with Crippen molar-refractivity contribution < 1.29 is 28.5 Å². The number of likely N-dealkylation sites (tertiary alicyclic amines) is 1. The van der Waals surface area contributed by atoms with Crippen LogP contribution < -0.4 is 14.8 Å². The first-order valence-corrected chi connectivity index (χ1v) is 22.8. The number of aromatic nitrogens is 2. The molecule has 0 unspecified atom stereocenters. The molecule has 0 saturated carbocycles. The fraction of sp³-hybridized carbons (Fsp3) is 0.364. The summed E-state index contributed by atoms with van der Waals surface area (Å²) < 4.78 is 29.0. The fourth-order valence-corrected chi connectivity index (χ4v) is 7.88. The maximum Gasteiger partial charge on any atom is 0.410 e. The Balaban J connectivity index is 0.000000198. The smallest absolute Gasteiger partial charge is 0.410 e. The van der Waals surface area contributed by atoms with Crippen molar-refractivity contribution in [3.63, 3.8) is 0 Å². The number of pyridine rings is 2. The van der Waals surface area contributed by atoms with E-state index in [2.05, 4.69) is 118 Å². The normalized spacial score (nSPS) is 16.5. The van der Waals surface area contributed by atoms with Gasteiger partial charge in [0.2, 0.25) is 0 Å². The Morgan fingerprint density at radius 1 is 0.615 bits per heavy atom. The molecule has 0 radical (unpaired) electrons. The van der Waals surface area contributed by atoms with Crippen LogP contribution in [-0.4, -0.2) is 91.4 Å². The monoisotopic (exact) mass is 876 g/mol. The van der Waals surface area contributed by atoms with Crippen molar-refractivity contribution in [2.24, 2.45) is 0 Å². The van der Waals surface area contributed by atoms with Crippen LogP contribution in [0, 0.1) is 0 Å². The lowest BCUT2D eigenvalue weighted by Gasteiger charge is -2.40. The van der Waals surface area contributed by atoms with Gasteiger partial charge >= 0.3 is 6.09 Å². The molecule has 4 aromatic carbocycles. The van der Waals surface area contributed by atoms with Gasteiger partial charge in [0.25, 0.3) is 0 Å². The summed E-state index contributed by atoms with van der Waals surface area (Å²) in [4.78, 5) is 22.9. The Hall–Kier alpha value is -6.07. The van der Waals surface area contributed by atoms with Crippen LogP contribution in [0.3, 0.4) is 0 Å². The molecule has 2 aliphatic heterocycles. The molecule has 10 heteroatoms. The predicted octanol–water partition coefficient (Wildman–Crippen LogP) is 10.2. The lowest BCUT2D eigenvalue weighted by molar-refractivity contribution is -0.0141. The molecule has 4 heterocycles. The zero-order valence-corrected chi connectivity index (χ0v) is 38.5. The van der Waals surface area contributed by atoms with E-state index in [1.165, 1.54) is 28.7 Å². The van der Waals surface area contributed by atoms with E-state index in [4.69, 9.17) is 23.7 Å². The second kappa shape index (κ2) is 23.2. The number of hydrogen-bond donors (Lipinski definition) is 1. The van der Waals surface area contributed by atoms with Crippen molar-refractivity contribution >= 4 is 6.09 Å². The molecule has 0 aliphatic carbocycles. The van der Waals surface area contributed by atoms with Gasteiger partial charge in [-0.2, -0.15) is 0 Å². The van der Waals surface area contributed by atoms with Crippen LogP contribution in [0.15, 0.2) is 146 Å². The van der Waals surface area contributed by atoms with E-state index in [1.54, 1.807) is 31.5 Å². The van der Waals surface area contributed by atoms with Crippen molar-refractivity contribution in [3.05, 3.63) is 168 Å². The highest BCUT2D eigenvalue weighted by atomic mass is 16.6. The summed E-state index contributed by atoms with van der Waals surface area (Å²) in [5.74, 6) is 1.51. The third-order valence-electron chi connectivity index (χ3n) is 11.7. The van der Waals surface area contributed by atoms with Gasteiger partial charge in [-0.05, 0) is 111 Å². The molecule has 65 heavy (non-hydrogen) atoms. The highest BCUT2D eigenvalue weighted by Crippen LogP contribution is 2.28. The first-order chi connectivity index (χ1) is 31.6. The quantitative estimate of drug-likeness (QED) is 0.0904. The van der Waals surface area contributed by atoms with Gasteiger partial charge in [-0.3, -0.25) is 9.97 Å². The third kappa shape index (κ3) is 14.5. The fourth-order valence-electron chi connectivity index (χ4n) is 7.88. The number of hydrogen-bond acceptors (Lipinski definition) is 9. The Kier molecular flexibility index (Phi) is 16.8. The lowest BCUT2D eigenvalue weighted by atomic mass is 9.98. The molecular formula is C55H64N4O6. The minimum atomic E-state index is -0.504. The second-order valence-corrected chi connectivity index (χ2v) is 17.9. The first-order valence-electron chi connectivity index (χ1n) is 22.8. The van der Waals surface area contributed by atoms with Crippen LogP contribution >= 0.6 is 0 Å². The topological polar surface area (TPSA) is 104 Å². The van der Waals surface area contributed by atoms with E-state index in [0.29, 0.717) is 31.5 Å². The molecule has 1 N–H and O–H groups in total. The summed E-state index contributed by atoms with van der Waals surface area (Å²) in [5, 5.41) is 3.35. The number of carbonyl (C=O) groups excluding carboxylic acids is 1. The van der Waals surface area contributed by atoms with E-state index in [-0.39, 0.29) is 24.3 Å². The van der Waals surface area contributed by atoms with Gasteiger partial charge in [0.15, 0.2) is 0 Å². The number of nitrogens with zero attached hydrogens (tertiary/aromatic N) is 3. The maximum absolute atomic E-state index is 12.4. The van der Waals surface area contributed by atoms with Crippen molar-refractivity contribution in [3.8, 4) is 33.8 Å². The number of nitrogens with one attached hydrogen (secondary N) is 1. The minimum Gasteiger partial charge on any atom is -0.490 e. The molecule has 0 spiro atoms. The van der Waals surface area contributed by atoms with E-state index >= 15 is 0 Å². The number of methoxy groups -OCH3 is 2. The minimum absolute atomic E-state index is 0.0161. The number of amides is 1. The number of benzene rings is 4. The first kappa shape index (κ1) is 46.9. The van der Waals surface area contributed by atoms with Gasteiger partial charge in [-0.1, -0.05) is 109 Å². The number of carbonyl (C=O) groups is 1. The van der Waals surface area contributed by atoms with E-state index < -0.39 is 5.60 Å². The van der Waals surface area contributed by atoms with Crippen molar-refractivity contribution in [1.29, 1.82) is 0 Å². The number of ether oxygens (including phenoxy) is 5. The lowest BCUT2D eigenvalue weighted by Crippen LogP contribution is -2.55. The summed E-state index contributed by atoms with van der Waals surface area (Å²) in [6, 6.07) is 42.6. The summed E-state index contributed by atoms with van der Waals surface area (Å²) in [5.41, 5.74) is 8.83. The third-order valence-corrected chi connectivity index (χ3v) is 11.7. The van der Waals surface area contributed by atoms with Crippen LogP contribution in [0.5, 0.6) is 11.5 Å². The van der Waals surface area contributed by atoms with Gasteiger partial charge in [-0.25, -0.2) is 4.79 Å². The Morgan fingerprint density at radius 3 is 1.52 bits per heavy atom. The zero-order valence-electron chi connectivity index (χ0n) is 38.5. The van der Waals surface area contributed by atoms with Crippen LogP contribution in [0.2, 0.25) is 0 Å². The molecule has 2 fully saturated rings. The molecule has 4 atom stereocenters. The standard InChI is InChI=1S/C30H36N2O4.C25H28N2O2/c1-30(2,3)36-29(33)32-14-13-26(32)21-35-28-18-25(19-31-20-28)24-12-8-11-23(15-24)17-27(34-4)16-22-9-6-5-7-10-22;1-28-24(13-19-6-3-2-4-7-19)14-20-8-5-9-21(12-20)22-15-25(17-26-16-22)29-18-23-10-11-27-23/h5-12,15,18-20,26-27H,13-14,16-17,21H2,1-4H3;2-9,12,15-17,23-24,27H,10-11,13-14,18H2,1H3/t26-,27-;23-,24-/m00/s1. The molecule has 340 valence electrons. The van der Waals surface area contributed by atoms with E-state index in [0.717, 1.165) is 66.7 Å². The summed E-state index contributed by atoms with van der Waals surface area (Å²) in [6.45, 7) is 8.52. The largest absolute Gasteiger partial charge is 0.490 e.